The molecule has 0 saturated carbocycles. The second kappa shape index (κ2) is 4.96. The fraction of sp³-hybridized carbons (Fsp3) is 0.462. The Hall–Kier alpha value is -1.37. The molecule has 1 atom stereocenters. The molecule has 0 saturated heterocycles. The molecule has 1 heterocycles. The second-order valence-electron chi connectivity index (χ2n) is 5.20. The molecule has 0 aromatic heterocycles. The molecule has 5 nitrogen and oxygen atoms in total. The summed E-state index contributed by atoms with van der Waals surface area (Å²) in [7, 11) is 0.383. The number of carbonyl (C=O) groups excluding carboxylic acids is 1. The highest BCUT2D eigenvalue weighted by atomic mass is 16.5. The second-order valence-corrected chi connectivity index (χ2v) is 5.20. The molecule has 19 heavy (non-hydrogen) atoms. The molecule has 0 aliphatic carbocycles. The lowest BCUT2D eigenvalue weighted by atomic mass is 9.76. The normalized spacial score (nSPS) is 18.1. The van der Waals surface area contributed by atoms with Crippen LogP contribution in [0.5, 0.6) is 0 Å². The molecule has 0 unspecified atom stereocenters. The fourth-order valence-corrected chi connectivity index (χ4v) is 2.60. The third-order valence-corrected chi connectivity index (χ3v) is 3.40. The van der Waals surface area contributed by atoms with Crippen LogP contribution in [0.4, 0.5) is 0 Å². The predicted molar refractivity (Wildman–Crippen MR) is 71.9 cm³/mol. The van der Waals surface area contributed by atoms with Gasteiger partial charge in [0.05, 0.1) is 12.7 Å². The van der Waals surface area contributed by atoms with Gasteiger partial charge in [-0.1, -0.05) is 18.2 Å². The van der Waals surface area contributed by atoms with Crippen molar-refractivity contribution in [2.45, 2.75) is 31.9 Å². The van der Waals surface area contributed by atoms with Gasteiger partial charge in [0, 0.05) is 0 Å². The van der Waals surface area contributed by atoms with E-state index < -0.39 is 24.7 Å². The number of rotatable bonds is 3. The molecular weight excluding hydrogens is 245 g/mol. The fourth-order valence-electron chi connectivity index (χ4n) is 2.60. The highest BCUT2D eigenvalue weighted by Crippen LogP contribution is 2.32. The van der Waals surface area contributed by atoms with Crippen LogP contribution in [0, 0.1) is 0 Å². The lowest BCUT2D eigenvalue weighted by Crippen LogP contribution is -2.35. The van der Waals surface area contributed by atoms with Crippen molar-refractivity contribution >= 4 is 18.6 Å². The number of carbonyl (C=O) groups is 1. The van der Waals surface area contributed by atoms with Gasteiger partial charge in [0.2, 0.25) is 0 Å². The third-order valence-electron chi connectivity index (χ3n) is 3.40. The topological polar surface area (TPSA) is 81.8 Å². The van der Waals surface area contributed by atoms with E-state index in [4.69, 9.17) is 10.4 Å². The van der Waals surface area contributed by atoms with Crippen LogP contribution in [0.1, 0.15) is 25.0 Å². The Bertz CT molecular complexity index is 503. The maximum atomic E-state index is 11.4. The quantitative estimate of drug-likeness (QED) is 0.577. The van der Waals surface area contributed by atoms with Crippen LogP contribution in [-0.2, 0) is 26.2 Å². The first-order valence-corrected chi connectivity index (χ1v) is 6.18. The van der Waals surface area contributed by atoms with Crippen molar-refractivity contribution in [3.05, 3.63) is 29.3 Å². The lowest BCUT2D eigenvalue weighted by molar-refractivity contribution is -0.142. The van der Waals surface area contributed by atoms with Crippen LogP contribution < -0.4 is 11.2 Å². The minimum atomic E-state index is -0.931. The van der Waals surface area contributed by atoms with Crippen LogP contribution in [0.15, 0.2) is 18.2 Å². The summed E-state index contributed by atoms with van der Waals surface area (Å²) in [6.07, 6.45) is 0.357. The molecule has 1 aliphatic heterocycles. The van der Waals surface area contributed by atoms with Crippen LogP contribution in [0.3, 0.4) is 0 Å². The van der Waals surface area contributed by atoms with E-state index in [1.165, 1.54) is 7.11 Å². The summed E-state index contributed by atoms with van der Waals surface area (Å²) in [6.45, 7) is 3.77. The summed E-state index contributed by atoms with van der Waals surface area (Å²) in [4.78, 5) is 11.4. The highest BCUT2D eigenvalue weighted by Gasteiger charge is 2.42. The molecular formula is C13H18BNO4. The largest absolute Gasteiger partial charge is 0.492 e. The number of hydrogen-bond donors (Lipinski definition) is 2. The van der Waals surface area contributed by atoms with Gasteiger partial charge >= 0.3 is 13.1 Å². The summed E-state index contributed by atoms with van der Waals surface area (Å²) in [6, 6.07) is 4.82. The van der Waals surface area contributed by atoms with E-state index in [0.717, 1.165) is 16.6 Å². The molecule has 1 aromatic carbocycles. The van der Waals surface area contributed by atoms with E-state index in [-0.39, 0.29) is 0 Å². The average Bonchev–Trinajstić information content (AvgIpc) is 2.59. The summed E-state index contributed by atoms with van der Waals surface area (Å²) < 4.78 is 10.2. The van der Waals surface area contributed by atoms with Crippen LogP contribution in [0.25, 0.3) is 0 Å². The van der Waals surface area contributed by atoms with Crippen molar-refractivity contribution in [3.8, 4) is 0 Å². The Morgan fingerprint density at radius 1 is 1.58 bits per heavy atom. The zero-order chi connectivity index (χ0) is 14.2. The SMILES string of the molecule is COC(=O)[C@@H](N)Cc1cccc2c1C(C)(C)OB2O. The van der Waals surface area contributed by atoms with Crippen LogP contribution in [0.2, 0.25) is 0 Å². The smallest absolute Gasteiger partial charge is 0.468 e. The van der Waals surface area contributed by atoms with Crippen molar-refractivity contribution in [1.29, 1.82) is 0 Å². The Balaban J connectivity index is 2.36. The Morgan fingerprint density at radius 2 is 2.26 bits per heavy atom. The number of methoxy groups -OCH3 is 1. The zero-order valence-corrected chi connectivity index (χ0v) is 11.3. The molecule has 0 amide bonds. The molecule has 1 aromatic rings. The molecule has 0 fully saturated rings. The molecule has 1 aliphatic rings. The van der Waals surface area contributed by atoms with E-state index in [0.29, 0.717) is 6.42 Å². The molecule has 3 N–H and O–H groups in total. The van der Waals surface area contributed by atoms with Gasteiger partial charge in [-0.25, -0.2) is 0 Å². The number of hydrogen-bond acceptors (Lipinski definition) is 5. The number of ether oxygens (including phenoxy) is 1. The van der Waals surface area contributed by atoms with E-state index >= 15 is 0 Å². The summed E-state index contributed by atoms with van der Waals surface area (Å²) in [5.74, 6) is -0.449. The van der Waals surface area contributed by atoms with Gasteiger partial charge in [0.15, 0.2) is 0 Å². The van der Waals surface area contributed by atoms with E-state index in [1.54, 1.807) is 0 Å². The third kappa shape index (κ3) is 2.52. The van der Waals surface area contributed by atoms with E-state index in [9.17, 15) is 9.82 Å². The number of benzene rings is 1. The highest BCUT2D eigenvalue weighted by molar-refractivity contribution is 6.62. The Morgan fingerprint density at radius 3 is 2.89 bits per heavy atom. The minimum absolute atomic E-state index is 0.357. The van der Waals surface area contributed by atoms with Gasteiger partial charge in [-0.15, -0.1) is 0 Å². The molecule has 6 heteroatoms. The number of fused-ring (bicyclic) bond motifs is 1. The van der Waals surface area contributed by atoms with Gasteiger partial charge in [-0.2, -0.15) is 0 Å². The van der Waals surface area contributed by atoms with E-state index in [2.05, 4.69) is 4.74 Å². The van der Waals surface area contributed by atoms with Gasteiger partial charge in [0.25, 0.3) is 0 Å². The van der Waals surface area contributed by atoms with Crippen LogP contribution in [-0.4, -0.2) is 31.3 Å². The van der Waals surface area contributed by atoms with Crippen molar-refractivity contribution in [2.24, 2.45) is 5.73 Å². The van der Waals surface area contributed by atoms with Gasteiger partial charge in [0.1, 0.15) is 6.04 Å². The molecule has 0 bridgehead atoms. The molecule has 0 radical (unpaired) electrons. The molecule has 0 spiro atoms. The standard InChI is InChI=1S/C13H18BNO4/c1-13(2)11-8(7-10(15)12(16)18-3)5-4-6-9(11)14(17)19-13/h4-6,10,17H,7,15H2,1-3H3/t10-/m0/s1. The summed E-state index contributed by atoms with van der Waals surface area (Å²) >= 11 is 0. The van der Waals surface area contributed by atoms with Gasteiger partial charge in [-0.3, -0.25) is 4.79 Å². The van der Waals surface area contributed by atoms with Crippen molar-refractivity contribution < 1.29 is 19.2 Å². The lowest BCUT2D eigenvalue weighted by Gasteiger charge is -2.23. The molecule has 102 valence electrons. The Labute approximate surface area is 112 Å². The number of esters is 1. The van der Waals surface area contributed by atoms with Crippen molar-refractivity contribution in [3.63, 3.8) is 0 Å². The maximum Gasteiger partial charge on any atom is 0.492 e. The maximum absolute atomic E-state index is 11.4. The minimum Gasteiger partial charge on any atom is -0.468 e. The monoisotopic (exact) mass is 263 g/mol. The predicted octanol–water partition coefficient (Wildman–Crippen LogP) is -0.318. The summed E-state index contributed by atoms with van der Waals surface area (Å²) in [5.41, 5.74) is 7.74. The van der Waals surface area contributed by atoms with Crippen LogP contribution >= 0.6 is 0 Å². The van der Waals surface area contributed by atoms with Crippen molar-refractivity contribution in [1.82, 2.24) is 0 Å². The molecule has 2 rings (SSSR count). The first-order chi connectivity index (χ1) is 8.86. The van der Waals surface area contributed by atoms with Gasteiger partial charge < -0.3 is 20.1 Å². The average molecular weight is 263 g/mol. The zero-order valence-electron chi connectivity index (χ0n) is 11.3. The van der Waals surface area contributed by atoms with Gasteiger partial charge in [-0.05, 0) is 36.9 Å². The van der Waals surface area contributed by atoms with Crippen molar-refractivity contribution in [2.75, 3.05) is 7.11 Å². The first-order valence-electron chi connectivity index (χ1n) is 6.18. The number of nitrogens with two attached hydrogens (primary N) is 1. The first kappa shape index (κ1) is 14.1. The van der Waals surface area contributed by atoms with E-state index in [1.807, 2.05) is 32.0 Å². The summed E-state index contributed by atoms with van der Waals surface area (Å²) in [5, 5.41) is 9.89. The Kier molecular flexibility index (Phi) is 3.67.